The molecule has 0 aliphatic carbocycles. The molecule has 0 aliphatic rings. The fourth-order valence-corrected chi connectivity index (χ4v) is 4.65. The van der Waals surface area contributed by atoms with E-state index in [-0.39, 0.29) is 24.5 Å². The van der Waals surface area contributed by atoms with Crippen LogP contribution in [0.3, 0.4) is 0 Å². The maximum atomic E-state index is 13.5. The molecule has 7 nitrogen and oxygen atoms in total. The summed E-state index contributed by atoms with van der Waals surface area (Å²) in [7, 11) is -3.93. The Hall–Kier alpha value is -3.23. The molecule has 1 aromatic heterocycles. The molecule has 3 rings (SSSR count). The number of nitrogens with zero attached hydrogens (tertiary/aromatic N) is 2. The van der Waals surface area contributed by atoms with Gasteiger partial charge in [-0.25, -0.2) is 8.42 Å². The summed E-state index contributed by atoms with van der Waals surface area (Å²) in [5, 5.41) is 2.77. The maximum absolute atomic E-state index is 13.5. The second-order valence-electron chi connectivity index (χ2n) is 7.26. The fraction of sp³-hybridized carbons (Fsp3) is 0.250. The van der Waals surface area contributed by atoms with E-state index in [0.717, 1.165) is 11.1 Å². The lowest BCUT2D eigenvalue weighted by molar-refractivity contribution is -0.121. The minimum atomic E-state index is -3.93. The van der Waals surface area contributed by atoms with Crippen molar-refractivity contribution in [3.8, 4) is 5.75 Å². The first-order valence-electron chi connectivity index (χ1n) is 10.3. The highest BCUT2D eigenvalue weighted by molar-refractivity contribution is 7.89. The summed E-state index contributed by atoms with van der Waals surface area (Å²) in [5.74, 6) is 0.242. The Kier molecular flexibility index (Phi) is 7.97. The molecule has 1 N–H and O–H groups in total. The molecule has 0 atom stereocenters. The van der Waals surface area contributed by atoms with Crippen LogP contribution in [-0.2, 0) is 27.9 Å². The Bertz CT molecular complexity index is 1140. The van der Waals surface area contributed by atoms with Crippen molar-refractivity contribution in [3.05, 3.63) is 89.7 Å². The van der Waals surface area contributed by atoms with Gasteiger partial charge in [-0.05, 0) is 54.8 Å². The summed E-state index contributed by atoms with van der Waals surface area (Å²) < 4.78 is 33.6. The van der Waals surface area contributed by atoms with Crippen molar-refractivity contribution in [1.29, 1.82) is 0 Å². The third-order valence-corrected chi connectivity index (χ3v) is 6.61. The number of aromatic nitrogens is 1. The minimum absolute atomic E-state index is 0.0791. The molecule has 0 fully saturated rings. The average molecular weight is 454 g/mol. The highest BCUT2D eigenvalue weighted by Crippen LogP contribution is 2.25. The van der Waals surface area contributed by atoms with E-state index in [0.29, 0.717) is 17.9 Å². The Morgan fingerprint density at radius 2 is 1.81 bits per heavy atom. The van der Waals surface area contributed by atoms with Gasteiger partial charge in [0.05, 0.1) is 18.0 Å². The van der Waals surface area contributed by atoms with Crippen LogP contribution in [0.25, 0.3) is 0 Å². The molecular formula is C24H27N3O4S. The van der Waals surface area contributed by atoms with Gasteiger partial charge in [0.25, 0.3) is 0 Å². The molecule has 1 heterocycles. The lowest BCUT2D eigenvalue weighted by atomic mass is 10.2. The smallest absolute Gasteiger partial charge is 0.243 e. The van der Waals surface area contributed by atoms with Crippen LogP contribution in [0.1, 0.15) is 23.6 Å². The van der Waals surface area contributed by atoms with E-state index >= 15 is 0 Å². The Labute approximate surface area is 189 Å². The van der Waals surface area contributed by atoms with Crippen molar-refractivity contribution in [2.45, 2.75) is 31.8 Å². The van der Waals surface area contributed by atoms with Crippen molar-refractivity contribution in [1.82, 2.24) is 14.6 Å². The number of amides is 1. The predicted octanol–water partition coefficient (Wildman–Crippen LogP) is 3.30. The van der Waals surface area contributed by atoms with Crippen LogP contribution in [0.2, 0.25) is 0 Å². The van der Waals surface area contributed by atoms with Crippen molar-refractivity contribution in [2.75, 3.05) is 13.2 Å². The highest BCUT2D eigenvalue weighted by atomic mass is 32.2. The van der Waals surface area contributed by atoms with Crippen molar-refractivity contribution < 1.29 is 17.9 Å². The summed E-state index contributed by atoms with van der Waals surface area (Å²) >= 11 is 0. The van der Waals surface area contributed by atoms with Crippen LogP contribution in [0, 0.1) is 6.92 Å². The number of aryl methyl sites for hydroxylation is 1. The molecule has 0 saturated heterocycles. The number of hydrogen-bond acceptors (Lipinski definition) is 5. The van der Waals surface area contributed by atoms with Gasteiger partial charge in [-0.3, -0.25) is 9.78 Å². The number of sulfonamides is 1. The summed E-state index contributed by atoms with van der Waals surface area (Å²) in [6.45, 7) is 4.21. The number of nitrogens with one attached hydrogen (secondary N) is 1. The number of rotatable bonds is 10. The molecular weight excluding hydrogens is 426 g/mol. The van der Waals surface area contributed by atoms with Crippen molar-refractivity contribution >= 4 is 15.9 Å². The van der Waals surface area contributed by atoms with E-state index in [4.69, 9.17) is 4.74 Å². The first-order valence-corrected chi connectivity index (χ1v) is 11.8. The molecule has 2 aromatic carbocycles. The minimum Gasteiger partial charge on any atom is -0.494 e. The zero-order valence-corrected chi connectivity index (χ0v) is 19.0. The number of carbonyl (C=O) groups excluding carboxylic acids is 1. The van der Waals surface area contributed by atoms with E-state index in [1.165, 1.54) is 10.4 Å². The third kappa shape index (κ3) is 6.15. The average Bonchev–Trinajstić information content (AvgIpc) is 2.80. The molecule has 1 amide bonds. The van der Waals surface area contributed by atoms with Crippen molar-refractivity contribution in [2.24, 2.45) is 0 Å². The number of benzene rings is 2. The van der Waals surface area contributed by atoms with Gasteiger partial charge in [-0.1, -0.05) is 36.4 Å². The van der Waals surface area contributed by atoms with E-state index in [2.05, 4.69) is 10.3 Å². The van der Waals surface area contributed by atoms with Gasteiger partial charge in [-0.15, -0.1) is 0 Å². The SMILES string of the molecule is CCOc1ccc(S(=O)(=O)N(CC(=O)NCc2cccnc2)Cc2ccccc2)cc1C. The summed E-state index contributed by atoms with van der Waals surface area (Å²) in [6, 6.07) is 17.6. The van der Waals surface area contributed by atoms with E-state index < -0.39 is 15.9 Å². The molecule has 0 unspecified atom stereocenters. The van der Waals surface area contributed by atoms with Crippen LogP contribution >= 0.6 is 0 Å². The Morgan fingerprint density at radius 1 is 1.06 bits per heavy atom. The van der Waals surface area contributed by atoms with Gasteiger partial charge in [0.15, 0.2) is 0 Å². The second kappa shape index (κ2) is 10.9. The maximum Gasteiger partial charge on any atom is 0.243 e. The largest absolute Gasteiger partial charge is 0.494 e. The number of ether oxygens (including phenoxy) is 1. The molecule has 0 aliphatic heterocycles. The highest BCUT2D eigenvalue weighted by Gasteiger charge is 2.27. The normalized spacial score (nSPS) is 11.3. The quantitative estimate of drug-likeness (QED) is 0.509. The standard InChI is InChI=1S/C24H27N3O4S/c1-3-31-23-12-11-22(14-19(23)2)32(29,30)27(17-20-8-5-4-6-9-20)18-24(28)26-16-21-10-7-13-25-15-21/h4-15H,3,16-18H2,1-2H3,(H,26,28). The van der Waals surface area contributed by atoms with Crippen LogP contribution in [0.5, 0.6) is 5.75 Å². The van der Waals surface area contributed by atoms with Crippen LogP contribution in [0.15, 0.2) is 78.0 Å². The van der Waals surface area contributed by atoms with Gasteiger partial charge in [0, 0.05) is 25.5 Å². The predicted molar refractivity (Wildman–Crippen MR) is 122 cm³/mol. The fourth-order valence-electron chi connectivity index (χ4n) is 3.18. The molecule has 8 heteroatoms. The van der Waals surface area contributed by atoms with Crippen LogP contribution in [0.4, 0.5) is 0 Å². The number of pyridine rings is 1. The summed E-state index contributed by atoms with van der Waals surface area (Å²) in [4.78, 5) is 16.8. The molecule has 168 valence electrons. The van der Waals surface area contributed by atoms with E-state index in [1.807, 2.05) is 43.3 Å². The lowest BCUT2D eigenvalue weighted by Crippen LogP contribution is -2.40. The summed E-state index contributed by atoms with van der Waals surface area (Å²) in [5.41, 5.74) is 2.34. The first-order chi connectivity index (χ1) is 15.4. The van der Waals surface area contributed by atoms with Crippen LogP contribution < -0.4 is 10.1 Å². The van der Waals surface area contributed by atoms with Gasteiger partial charge >= 0.3 is 0 Å². The van der Waals surface area contributed by atoms with Gasteiger partial charge in [0.2, 0.25) is 15.9 Å². The zero-order chi connectivity index (χ0) is 23.0. The molecule has 0 spiro atoms. The lowest BCUT2D eigenvalue weighted by Gasteiger charge is -2.22. The van der Waals surface area contributed by atoms with Crippen LogP contribution in [-0.4, -0.2) is 36.8 Å². The van der Waals surface area contributed by atoms with Gasteiger partial charge in [0.1, 0.15) is 5.75 Å². The van der Waals surface area contributed by atoms with E-state index in [1.54, 1.807) is 37.5 Å². The zero-order valence-electron chi connectivity index (χ0n) is 18.2. The molecule has 3 aromatic rings. The van der Waals surface area contributed by atoms with E-state index in [9.17, 15) is 13.2 Å². The second-order valence-corrected chi connectivity index (χ2v) is 9.19. The third-order valence-electron chi connectivity index (χ3n) is 4.82. The van der Waals surface area contributed by atoms with Crippen molar-refractivity contribution in [3.63, 3.8) is 0 Å². The number of carbonyl (C=O) groups is 1. The molecule has 0 saturated carbocycles. The molecule has 0 radical (unpaired) electrons. The number of hydrogen-bond donors (Lipinski definition) is 1. The molecule has 32 heavy (non-hydrogen) atoms. The Morgan fingerprint density at radius 3 is 2.47 bits per heavy atom. The monoisotopic (exact) mass is 453 g/mol. The topological polar surface area (TPSA) is 88.6 Å². The molecule has 0 bridgehead atoms. The van der Waals surface area contributed by atoms with Gasteiger partial charge < -0.3 is 10.1 Å². The first kappa shape index (κ1) is 23.4. The van der Waals surface area contributed by atoms with Gasteiger partial charge in [-0.2, -0.15) is 4.31 Å². The summed E-state index contributed by atoms with van der Waals surface area (Å²) in [6.07, 6.45) is 3.31. The Balaban J connectivity index is 1.82.